The van der Waals surface area contributed by atoms with E-state index < -0.39 is 0 Å². The SMILES string of the molecule is CC(C)c1nnc(SCC(=O)N(C)c2ccccc2)n1Cc1ccco1. The Kier molecular flexibility index (Phi) is 5.78. The molecule has 0 fully saturated rings. The number of hydrogen-bond acceptors (Lipinski definition) is 5. The third-order valence-electron chi connectivity index (χ3n) is 4.00. The number of aromatic nitrogens is 3. The Labute approximate surface area is 157 Å². The first-order valence-electron chi connectivity index (χ1n) is 8.46. The molecule has 3 aromatic rings. The summed E-state index contributed by atoms with van der Waals surface area (Å²) in [5.74, 6) is 2.25. The van der Waals surface area contributed by atoms with Gasteiger partial charge in [-0.3, -0.25) is 9.36 Å². The van der Waals surface area contributed by atoms with Gasteiger partial charge in [0, 0.05) is 18.7 Å². The van der Waals surface area contributed by atoms with Gasteiger partial charge < -0.3 is 9.32 Å². The number of furan rings is 1. The van der Waals surface area contributed by atoms with Crippen LogP contribution in [0.2, 0.25) is 0 Å². The zero-order valence-corrected chi connectivity index (χ0v) is 15.9. The van der Waals surface area contributed by atoms with Crippen LogP contribution in [0.1, 0.15) is 31.4 Å². The van der Waals surface area contributed by atoms with Gasteiger partial charge in [0.15, 0.2) is 5.16 Å². The van der Waals surface area contributed by atoms with Gasteiger partial charge in [0.1, 0.15) is 11.6 Å². The fraction of sp³-hybridized carbons (Fsp3) is 0.316. The van der Waals surface area contributed by atoms with Gasteiger partial charge in [0.2, 0.25) is 5.91 Å². The Morgan fingerprint density at radius 1 is 1.19 bits per heavy atom. The van der Waals surface area contributed by atoms with Gasteiger partial charge in [-0.15, -0.1) is 10.2 Å². The molecule has 0 radical (unpaired) electrons. The molecule has 1 aromatic carbocycles. The Balaban J connectivity index is 1.72. The molecule has 0 spiro atoms. The summed E-state index contributed by atoms with van der Waals surface area (Å²) in [7, 11) is 1.78. The molecule has 7 heteroatoms. The van der Waals surface area contributed by atoms with Crippen LogP contribution >= 0.6 is 11.8 Å². The van der Waals surface area contributed by atoms with Crippen molar-refractivity contribution in [1.29, 1.82) is 0 Å². The normalized spacial score (nSPS) is 11.1. The Bertz CT molecular complexity index is 844. The van der Waals surface area contributed by atoms with Crippen LogP contribution in [0.15, 0.2) is 58.3 Å². The number of nitrogens with zero attached hydrogens (tertiary/aromatic N) is 4. The largest absolute Gasteiger partial charge is 0.467 e. The van der Waals surface area contributed by atoms with Crippen LogP contribution in [0, 0.1) is 0 Å². The molecule has 0 saturated heterocycles. The molecule has 0 bridgehead atoms. The van der Waals surface area contributed by atoms with Crippen LogP contribution in [0.4, 0.5) is 5.69 Å². The molecule has 1 amide bonds. The van der Waals surface area contributed by atoms with Crippen molar-refractivity contribution in [2.75, 3.05) is 17.7 Å². The average Bonchev–Trinajstić information content (AvgIpc) is 3.30. The number of rotatable bonds is 7. The minimum absolute atomic E-state index is 0.0137. The molecule has 0 aliphatic heterocycles. The second-order valence-corrected chi connectivity index (χ2v) is 7.18. The molecule has 136 valence electrons. The second-order valence-electron chi connectivity index (χ2n) is 6.24. The topological polar surface area (TPSA) is 64.2 Å². The Morgan fingerprint density at radius 2 is 1.96 bits per heavy atom. The molecule has 0 aliphatic carbocycles. The molecule has 26 heavy (non-hydrogen) atoms. The molecule has 0 N–H and O–H groups in total. The molecular formula is C19H22N4O2S. The number of hydrogen-bond donors (Lipinski definition) is 0. The predicted octanol–water partition coefficient (Wildman–Crippen LogP) is 3.80. The monoisotopic (exact) mass is 370 g/mol. The highest BCUT2D eigenvalue weighted by Crippen LogP contribution is 2.24. The zero-order valence-electron chi connectivity index (χ0n) is 15.1. The molecule has 6 nitrogen and oxygen atoms in total. The third-order valence-corrected chi connectivity index (χ3v) is 4.95. The third kappa shape index (κ3) is 4.16. The van der Waals surface area contributed by atoms with E-state index in [1.807, 2.05) is 47.0 Å². The number of benzene rings is 1. The molecule has 0 aliphatic rings. The number of carbonyl (C=O) groups excluding carboxylic acids is 1. The van der Waals surface area contributed by atoms with Crippen LogP contribution in [0.25, 0.3) is 0 Å². The quantitative estimate of drug-likeness (QED) is 0.592. The lowest BCUT2D eigenvalue weighted by molar-refractivity contribution is -0.115. The van der Waals surface area contributed by atoms with Crippen LogP contribution < -0.4 is 4.90 Å². The number of amides is 1. The van der Waals surface area contributed by atoms with Crippen molar-refractivity contribution in [3.05, 3.63) is 60.3 Å². The van der Waals surface area contributed by atoms with Crippen LogP contribution in [0.3, 0.4) is 0 Å². The molecule has 2 aromatic heterocycles. The van der Waals surface area contributed by atoms with Gasteiger partial charge in [-0.1, -0.05) is 43.8 Å². The number of thioether (sulfide) groups is 1. The Hall–Kier alpha value is -2.54. The zero-order chi connectivity index (χ0) is 18.5. The van der Waals surface area contributed by atoms with Gasteiger partial charge in [0.05, 0.1) is 18.6 Å². The maximum atomic E-state index is 12.5. The summed E-state index contributed by atoms with van der Waals surface area (Å²) < 4.78 is 7.48. The number of anilines is 1. The van der Waals surface area contributed by atoms with Crippen molar-refractivity contribution in [3.8, 4) is 0 Å². The lowest BCUT2D eigenvalue weighted by Gasteiger charge is -2.17. The van der Waals surface area contributed by atoms with E-state index in [9.17, 15) is 4.79 Å². The van der Waals surface area contributed by atoms with E-state index in [2.05, 4.69) is 24.0 Å². The van der Waals surface area contributed by atoms with Gasteiger partial charge in [-0.2, -0.15) is 0 Å². The van der Waals surface area contributed by atoms with E-state index in [1.54, 1.807) is 18.2 Å². The minimum atomic E-state index is 0.0137. The van der Waals surface area contributed by atoms with Gasteiger partial charge in [0.25, 0.3) is 0 Å². The second kappa shape index (κ2) is 8.23. The summed E-state index contributed by atoms with van der Waals surface area (Å²) in [5.41, 5.74) is 0.873. The summed E-state index contributed by atoms with van der Waals surface area (Å²) in [4.78, 5) is 14.2. The Morgan fingerprint density at radius 3 is 2.62 bits per heavy atom. The number of para-hydroxylation sites is 1. The summed E-state index contributed by atoms with van der Waals surface area (Å²) >= 11 is 1.39. The highest BCUT2D eigenvalue weighted by Gasteiger charge is 2.19. The van der Waals surface area contributed by atoms with E-state index in [0.29, 0.717) is 12.3 Å². The highest BCUT2D eigenvalue weighted by molar-refractivity contribution is 7.99. The standard InChI is InChI=1S/C19H22N4O2S/c1-14(2)18-20-21-19(23(18)12-16-10-7-11-25-16)26-13-17(24)22(3)15-8-5-4-6-9-15/h4-11,14H,12-13H2,1-3H3. The molecule has 0 unspecified atom stereocenters. The van der Waals surface area contributed by atoms with Gasteiger partial charge >= 0.3 is 0 Å². The van der Waals surface area contributed by atoms with Crippen molar-refractivity contribution >= 4 is 23.4 Å². The maximum Gasteiger partial charge on any atom is 0.237 e. The smallest absolute Gasteiger partial charge is 0.237 e. The average molecular weight is 370 g/mol. The fourth-order valence-electron chi connectivity index (χ4n) is 2.56. The van der Waals surface area contributed by atoms with E-state index >= 15 is 0 Å². The van der Waals surface area contributed by atoms with Gasteiger partial charge in [-0.25, -0.2) is 0 Å². The lowest BCUT2D eigenvalue weighted by Crippen LogP contribution is -2.28. The van der Waals surface area contributed by atoms with E-state index in [4.69, 9.17) is 4.42 Å². The highest BCUT2D eigenvalue weighted by atomic mass is 32.2. The fourth-order valence-corrected chi connectivity index (χ4v) is 3.42. The summed E-state index contributed by atoms with van der Waals surface area (Å²) in [6, 6.07) is 13.4. The van der Waals surface area contributed by atoms with Crippen molar-refractivity contribution in [2.45, 2.75) is 31.5 Å². The molecule has 3 rings (SSSR count). The molecule has 0 saturated carbocycles. The lowest BCUT2D eigenvalue weighted by atomic mass is 10.2. The molecule has 2 heterocycles. The first-order valence-corrected chi connectivity index (χ1v) is 9.44. The predicted molar refractivity (Wildman–Crippen MR) is 102 cm³/mol. The maximum absolute atomic E-state index is 12.5. The van der Waals surface area contributed by atoms with E-state index in [0.717, 1.165) is 22.4 Å². The van der Waals surface area contributed by atoms with Gasteiger partial charge in [-0.05, 0) is 24.3 Å². The van der Waals surface area contributed by atoms with Crippen molar-refractivity contribution in [2.24, 2.45) is 0 Å². The van der Waals surface area contributed by atoms with E-state index in [1.165, 1.54) is 11.8 Å². The van der Waals surface area contributed by atoms with Crippen LogP contribution in [-0.4, -0.2) is 33.5 Å². The van der Waals surface area contributed by atoms with Crippen LogP contribution in [-0.2, 0) is 11.3 Å². The first kappa shape index (κ1) is 18.3. The first-order chi connectivity index (χ1) is 12.6. The summed E-state index contributed by atoms with van der Waals surface area (Å²) in [6.45, 7) is 4.70. The minimum Gasteiger partial charge on any atom is -0.467 e. The molecular weight excluding hydrogens is 348 g/mol. The van der Waals surface area contributed by atoms with Crippen molar-refractivity contribution in [1.82, 2.24) is 14.8 Å². The van der Waals surface area contributed by atoms with E-state index in [-0.39, 0.29) is 11.8 Å². The molecule has 0 atom stereocenters. The number of carbonyl (C=O) groups is 1. The summed E-state index contributed by atoms with van der Waals surface area (Å²) in [5, 5.41) is 9.31. The van der Waals surface area contributed by atoms with Crippen molar-refractivity contribution in [3.63, 3.8) is 0 Å². The van der Waals surface area contributed by atoms with Crippen LogP contribution in [0.5, 0.6) is 0 Å². The van der Waals surface area contributed by atoms with Crippen molar-refractivity contribution < 1.29 is 9.21 Å². The summed E-state index contributed by atoms with van der Waals surface area (Å²) in [6.07, 6.45) is 1.65.